The number of nitrogens with zero attached hydrogens (tertiary/aromatic N) is 2. The zero-order chi connectivity index (χ0) is 28.9. The summed E-state index contributed by atoms with van der Waals surface area (Å²) in [5, 5.41) is 2.95. The Morgan fingerprint density at radius 2 is 1.45 bits per heavy atom. The molecule has 0 unspecified atom stereocenters. The molecule has 214 valence electrons. The first kappa shape index (κ1) is 26.9. The molecule has 2 saturated heterocycles. The average molecular weight is 583 g/mol. The molecule has 2 N–H and O–H groups in total. The molecule has 4 heterocycles. The lowest BCUT2D eigenvalue weighted by molar-refractivity contribution is -0.196. The summed E-state index contributed by atoms with van der Waals surface area (Å²) in [5.74, 6) is -0.835. The first-order valence-corrected chi connectivity index (χ1v) is 14.3. The van der Waals surface area contributed by atoms with E-state index in [0.29, 0.717) is 11.2 Å². The van der Waals surface area contributed by atoms with Gasteiger partial charge >= 0.3 is 5.69 Å². The van der Waals surface area contributed by atoms with Gasteiger partial charge < -0.3 is 18.9 Å². The fraction of sp³-hybridized carbons (Fsp3) is 0.281. The maximum Gasteiger partial charge on any atom is 0.348 e. The van der Waals surface area contributed by atoms with Gasteiger partial charge in [-0.15, -0.1) is 0 Å². The molecule has 2 fully saturated rings. The van der Waals surface area contributed by atoms with Gasteiger partial charge in [0.05, 0.1) is 6.61 Å². The van der Waals surface area contributed by atoms with Crippen molar-refractivity contribution in [3.8, 4) is 0 Å². The molecule has 2 aliphatic heterocycles. The Hall–Kier alpha value is -3.93. The molecule has 2 aromatic heterocycles. The standard InChI is InChI=1S/C32H30N4O5S/c1-31(2)40-26-24(39-25(27(26)41-31)23-18-33-36-28(23)34-29(42)35-30(36)37)19-38-32(20-12-6-3-7-13-20,21-14-8-4-9-15-21)22-16-10-5-11-17-22/h3-18,24-27,33H,19H2,1-2H3,(H,35,37,42)/t24-,25-,26-,27+/m1/s1. The Kier molecular flexibility index (Phi) is 6.68. The number of ether oxygens (including phenoxy) is 4. The van der Waals surface area contributed by atoms with Crippen molar-refractivity contribution in [3.63, 3.8) is 0 Å². The SMILES string of the molecule is CC1(C)O[C@@H]2[C@H](O1)[C@@H](COC(c1ccccc1)(c1ccccc1)c1ccccc1)O[C@@H]2c1c[nH]n2c(=O)[nH]c(=S)nc12. The number of aromatic nitrogens is 4. The highest BCUT2D eigenvalue weighted by Gasteiger charge is 2.56. The normalized spacial score (nSPS) is 23.3. The van der Waals surface area contributed by atoms with E-state index in [0.717, 1.165) is 16.7 Å². The largest absolute Gasteiger partial charge is 0.362 e. The third-order valence-electron chi connectivity index (χ3n) is 7.90. The van der Waals surface area contributed by atoms with Gasteiger partial charge in [0.25, 0.3) is 0 Å². The van der Waals surface area contributed by atoms with Crippen molar-refractivity contribution in [1.82, 2.24) is 19.6 Å². The van der Waals surface area contributed by atoms with E-state index in [1.807, 2.05) is 68.4 Å². The van der Waals surface area contributed by atoms with Crippen LogP contribution in [0.1, 0.15) is 42.2 Å². The van der Waals surface area contributed by atoms with Gasteiger partial charge in [0.1, 0.15) is 30.0 Å². The molecule has 2 aliphatic rings. The number of H-pyrrole nitrogens is 2. The minimum absolute atomic E-state index is 0.0950. The van der Waals surface area contributed by atoms with Crippen molar-refractivity contribution in [3.05, 3.63) is 135 Å². The Balaban J connectivity index is 1.30. The highest BCUT2D eigenvalue weighted by atomic mass is 32.1. The minimum Gasteiger partial charge on any atom is -0.362 e. The van der Waals surface area contributed by atoms with Crippen molar-refractivity contribution in [1.29, 1.82) is 0 Å². The molecule has 3 aromatic carbocycles. The van der Waals surface area contributed by atoms with Gasteiger partial charge in [-0.05, 0) is 42.8 Å². The lowest BCUT2D eigenvalue weighted by Gasteiger charge is -2.37. The molecule has 0 spiro atoms. The number of hydrogen-bond donors (Lipinski definition) is 2. The summed E-state index contributed by atoms with van der Waals surface area (Å²) < 4.78 is 27.9. The number of rotatable bonds is 7. The number of aromatic amines is 2. The quantitative estimate of drug-likeness (QED) is 0.205. The fourth-order valence-corrected chi connectivity index (χ4v) is 6.36. The molecule has 10 heteroatoms. The van der Waals surface area contributed by atoms with Gasteiger partial charge in [0.15, 0.2) is 11.4 Å². The highest BCUT2D eigenvalue weighted by molar-refractivity contribution is 7.71. The molecule has 0 aliphatic carbocycles. The molecular weight excluding hydrogens is 552 g/mol. The Labute approximate surface area is 247 Å². The molecule has 0 saturated carbocycles. The first-order valence-electron chi connectivity index (χ1n) is 13.9. The summed E-state index contributed by atoms with van der Waals surface area (Å²) in [6.07, 6.45) is -0.242. The highest BCUT2D eigenvalue weighted by Crippen LogP contribution is 2.47. The molecule has 5 aromatic rings. The molecule has 9 nitrogen and oxygen atoms in total. The minimum atomic E-state index is -0.918. The number of hydrogen-bond acceptors (Lipinski definition) is 7. The van der Waals surface area contributed by atoms with Crippen LogP contribution in [0.2, 0.25) is 0 Å². The topological polar surface area (TPSA) is 103 Å². The van der Waals surface area contributed by atoms with E-state index in [9.17, 15) is 4.79 Å². The molecule has 42 heavy (non-hydrogen) atoms. The number of benzene rings is 3. The third-order valence-corrected chi connectivity index (χ3v) is 8.10. The van der Waals surface area contributed by atoms with Crippen molar-refractivity contribution in [2.24, 2.45) is 0 Å². The van der Waals surface area contributed by atoms with Gasteiger partial charge in [0, 0.05) is 11.8 Å². The van der Waals surface area contributed by atoms with Gasteiger partial charge in [-0.25, -0.2) is 4.79 Å². The van der Waals surface area contributed by atoms with Crippen molar-refractivity contribution >= 4 is 17.9 Å². The molecule has 0 radical (unpaired) electrons. The molecule has 7 rings (SSSR count). The maximum absolute atomic E-state index is 12.5. The number of nitrogens with one attached hydrogen (secondary N) is 2. The molecule has 4 atom stereocenters. The van der Waals surface area contributed by atoms with E-state index in [-0.39, 0.29) is 11.4 Å². The lowest BCUT2D eigenvalue weighted by atomic mass is 9.80. The zero-order valence-electron chi connectivity index (χ0n) is 23.1. The Morgan fingerprint density at radius 3 is 2.02 bits per heavy atom. The summed E-state index contributed by atoms with van der Waals surface area (Å²) >= 11 is 5.19. The van der Waals surface area contributed by atoms with Crippen LogP contribution in [-0.2, 0) is 24.5 Å². The van der Waals surface area contributed by atoms with E-state index < -0.39 is 41.5 Å². The van der Waals surface area contributed by atoms with Crippen LogP contribution in [0, 0.1) is 4.77 Å². The first-order chi connectivity index (χ1) is 20.4. The van der Waals surface area contributed by atoms with Crippen LogP contribution < -0.4 is 5.69 Å². The van der Waals surface area contributed by atoms with E-state index in [2.05, 4.69) is 51.5 Å². The monoisotopic (exact) mass is 582 g/mol. The van der Waals surface area contributed by atoms with Crippen LogP contribution >= 0.6 is 12.2 Å². The fourth-order valence-electron chi connectivity index (χ4n) is 6.18. The van der Waals surface area contributed by atoms with Crippen molar-refractivity contribution < 1.29 is 18.9 Å². The Morgan fingerprint density at radius 1 is 0.905 bits per heavy atom. The average Bonchev–Trinajstić information content (AvgIpc) is 3.66. The summed E-state index contributed by atoms with van der Waals surface area (Å²) in [4.78, 5) is 19.4. The van der Waals surface area contributed by atoms with Crippen LogP contribution in [0.5, 0.6) is 0 Å². The van der Waals surface area contributed by atoms with Crippen molar-refractivity contribution in [2.75, 3.05) is 6.61 Å². The summed E-state index contributed by atoms with van der Waals surface area (Å²) in [6.45, 7) is 3.97. The van der Waals surface area contributed by atoms with Crippen LogP contribution in [0.3, 0.4) is 0 Å². The van der Waals surface area contributed by atoms with Gasteiger partial charge in [-0.2, -0.15) is 9.50 Å². The predicted molar refractivity (Wildman–Crippen MR) is 158 cm³/mol. The van der Waals surface area contributed by atoms with Crippen LogP contribution in [0.25, 0.3) is 5.65 Å². The zero-order valence-corrected chi connectivity index (χ0v) is 23.9. The van der Waals surface area contributed by atoms with Gasteiger partial charge in [-0.3, -0.25) is 10.1 Å². The van der Waals surface area contributed by atoms with Crippen LogP contribution in [0.4, 0.5) is 0 Å². The molecule has 0 bridgehead atoms. The lowest BCUT2D eigenvalue weighted by Crippen LogP contribution is -2.39. The van der Waals surface area contributed by atoms with E-state index in [1.165, 1.54) is 4.52 Å². The second kappa shape index (κ2) is 10.4. The smallest absolute Gasteiger partial charge is 0.348 e. The second-order valence-electron chi connectivity index (χ2n) is 11.0. The van der Waals surface area contributed by atoms with E-state index in [4.69, 9.17) is 31.2 Å². The van der Waals surface area contributed by atoms with E-state index in [1.54, 1.807) is 6.20 Å². The molecule has 0 amide bonds. The Bertz CT molecular complexity index is 1720. The summed E-state index contributed by atoms with van der Waals surface area (Å²) in [5.41, 5.74) is 2.69. The van der Waals surface area contributed by atoms with Gasteiger partial charge in [0.2, 0.25) is 4.77 Å². The second-order valence-corrected chi connectivity index (χ2v) is 11.4. The molecular formula is C32H30N4O5S. The predicted octanol–water partition coefficient (Wildman–Crippen LogP) is 5.05. The van der Waals surface area contributed by atoms with Crippen LogP contribution in [0.15, 0.2) is 102 Å². The van der Waals surface area contributed by atoms with E-state index >= 15 is 0 Å². The number of fused-ring (bicyclic) bond motifs is 2. The van der Waals surface area contributed by atoms with Crippen LogP contribution in [-0.4, -0.2) is 50.3 Å². The summed E-state index contributed by atoms with van der Waals surface area (Å²) in [6, 6.07) is 30.6. The van der Waals surface area contributed by atoms with Gasteiger partial charge in [-0.1, -0.05) is 91.0 Å². The van der Waals surface area contributed by atoms with Crippen molar-refractivity contribution in [2.45, 2.75) is 49.7 Å². The maximum atomic E-state index is 12.5. The third kappa shape index (κ3) is 4.52. The summed E-state index contributed by atoms with van der Waals surface area (Å²) in [7, 11) is 0.